The minimum Gasteiger partial charge on any atom is -0.379 e. The predicted molar refractivity (Wildman–Crippen MR) is 125 cm³/mol. The zero-order chi connectivity index (χ0) is 26.4. The third-order valence-electron chi connectivity index (χ3n) is 8.96. The standard InChI is InChI=1S/C26H34F5N3O3/c1-36-21-15-37-7-4-17(21)8-16-2-5-25(11-16,12-22(27)28)24(35)34-14-19-10-20(34)13-33(19)23-9-18(3-6-32-23)26(29,30)31/h3,6,9,16-17,19-22H,2,4-5,7-8,10-15H2,1H3/t16-,17+,19+,20+,21+,25-/m0/s1. The second kappa shape index (κ2) is 10.3. The molecule has 4 fully saturated rings. The Hall–Kier alpha value is -2.01. The Morgan fingerprint density at radius 2 is 2.08 bits per heavy atom. The molecule has 1 aromatic rings. The molecule has 2 bridgehead atoms. The summed E-state index contributed by atoms with van der Waals surface area (Å²) in [6, 6.07) is 1.59. The molecule has 3 saturated heterocycles. The number of hydrogen-bond acceptors (Lipinski definition) is 5. The lowest BCUT2D eigenvalue weighted by molar-refractivity contribution is -0.146. The molecule has 0 N–H and O–H groups in total. The summed E-state index contributed by atoms with van der Waals surface area (Å²) in [6.45, 7) is 1.87. The number of amides is 1. The Kier molecular flexibility index (Phi) is 7.39. The number of likely N-dealkylation sites (tertiary alicyclic amines) is 1. The molecule has 206 valence electrons. The summed E-state index contributed by atoms with van der Waals surface area (Å²) < 4.78 is 78.2. The normalized spacial score (nSPS) is 34.1. The number of halogens is 5. The Balaban J connectivity index is 1.27. The highest BCUT2D eigenvalue weighted by molar-refractivity contribution is 5.84. The maximum Gasteiger partial charge on any atom is 0.416 e. The molecule has 1 aromatic heterocycles. The van der Waals surface area contributed by atoms with Gasteiger partial charge in [0.05, 0.1) is 35.8 Å². The van der Waals surface area contributed by atoms with Gasteiger partial charge in [-0.1, -0.05) is 0 Å². The van der Waals surface area contributed by atoms with Crippen LogP contribution in [0.4, 0.5) is 27.8 Å². The van der Waals surface area contributed by atoms with Crippen molar-refractivity contribution in [2.24, 2.45) is 17.3 Å². The molecule has 11 heteroatoms. The number of fused-ring (bicyclic) bond motifs is 2. The highest BCUT2D eigenvalue weighted by Crippen LogP contribution is 2.51. The first-order chi connectivity index (χ1) is 17.6. The van der Waals surface area contributed by atoms with Crippen LogP contribution in [-0.4, -0.2) is 73.8 Å². The van der Waals surface area contributed by atoms with E-state index < -0.39 is 30.0 Å². The number of carbonyl (C=O) groups excluding carboxylic acids is 1. The van der Waals surface area contributed by atoms with Crippen LogP contribution in [0.1, 0.15) is 50.5 Å². The summed E-state index contributed by atoms with van der Waals surface area (Å²) in [6.07, 6.45) is -2.45. The zero-order valence-corrected chi connectivity index (χ0v) is 20.9. The van der Waals surface area contributed by atoms with Crippen LogP contribution >= 0.6 is 0 Å². The zero-order valence-electron chi connectivity index (χ0n) is 20.9. The molecule has 3 aliphatic heterocycles. The van der Waals surface area contributed by atoms with Gasteiger partial charge >= 0.3 is 6.18 Å². The van der Waals surface area contributed by atoms with Gasteiger partial charge in [0.2, 0.25) is 12.3 Å². The van der Waals surface area contributed by atoms with E-state index in [0.717, 1.165) is 37.6 Å². The first-order valence-corrected chi connectivity index (χ1v) is 13.1. The van der Waals surface area contributed by atoms with Crippen molar-refractivity contribution < 1.29 is 36.2 Å². The van der Waals surface area contributed by atoms with E-state index in [4.69, 9.17) is 9.47 Å². The first kappa shape index (κ1) is 26.6. The predicted octanol–water partition coefficient (Wildman–Crippen LogP) is 4.77. The quantitative estimate of drug-likeness (QED) is 0.475. The lowest BCUT2D eigenvalue weighted by Gasteiger charge is -2.40. The van der Waals surface area contributed by atoms with E-state index in [9.17, 15) is 26.7 Å². The van der Waals surface area contributed by atoms with Crippen LogP contribution in [0.3, 0.4) is 0 Å². The molecule has 0 unspecified atom stereocenters. The van der Waals surface area contributed by atoms with Crippen molar-refractivity contribution >= 4 is 11.7 Å². The van der Waals surface area contributed by atoms with Crippen LogP contribution in [0.5, 0.6) is 0 Å². The van der Waals surface area contributed by atoms with E-state index in [1.807, 2.05) is 4.90 Å². The minimum absolute atomic E-state index is 0.0145. The van der Waals surface area contributed by atoms with Crippen molar-refractivity contribution in [3.63, 3.8) is 0 Å². The summed E-state index contributed by atoms with van der Waals surface area (Å²) in [7, 11) is 1.66. The summed E-state index contributed by atoms with van der Waals surface area (Å²) in [5.74, 6) is 0.489. The molecule has 37 heavy (non-hydrogen) atoms. The fourth-order valence-corrected chi connectivity index (χ4v) is 7.17. The van der Waals surface area contributed by atoms with Gasteiger partial charge in [-0.2, -0.15) is 13.2 Å². The van der Waals surface area contributed by atoms with Crippen LogP contribution in [0, 0.1) is 17.3 Å². The lowest BCUT2D eigenvalue weighted by Crippen LogP contribution is -2.53. The summed E-state index contributed by atoms with van der Waals surface area (Å²) in [5, 5.41) is 0. The molecule has 4 aliphatic rings. The molecule has 6 atom stereocenters. The van der Waals surface area contributed by atoms with Gasteiger partial charge in [-0.05, 0) is 62.5 Å². The van der Waals surface area contributed by atoms with E-state index in [1.165, 1.54) is 0 Å². The number of hydrogen-bond donors (Lipinski definition) is 0. The highest BCUT2D eigenvalue weighted by Gasteiger charge is 2.54. The Bertz CT molecular complexity index is 979. The average molecular weight is 532 g/mol. The maximum atomic E-state index is 13.8. The SMILES string of the molecule is CO[C@@H]1COCC[C@@H]1C[C@@H]1CC[C@](CC(F)F)(C(=O)N2C[C@H]3C[C@@H]2CN3c2cc(C(F)(F)F)ccn2)C1. The van der Waals surface area contributed by atoms with Gasteiger partial charge < -0.3 is 19.3 Å². The summed E-state index contributed by atoms with van der Waals surface area (Å²) in [5.41, 5.74) is -1.85. The Morgan fingerprint density at radius 1 is 1.27 bits per heavy atom. The van der Waals surface area contributed by atoms with Crippen molar-refractivity contribution in [3.8, 4) is 0 Å². The van der Waals surface area contributed by atoms with Crippen LogP contribution in [0.25, 0.3) is 0 Å². The van der Waals surface area contributed by atoms with E-state index >= 15 is 0 Å². The third kappa shape index (κ3) is 5.30. The third-order valence-corrected chi connectivity index (χ3v) is 8.96. The number of pyridine rings is 1. The number of aromatic nitrogens is 1. The molecular formula is C26H34F5N3O3. The molecule has 1 aliphatic carbocycles. The molecule has 0 aromatic carbocycles. The number of rotatable bonds is 7. The maximum absolute atomic E-state index is 13.8. The number of ether oxygens (including phenoxy) is 2. The molecule has 4 heterocycles. The van der Waals surface area contributed by atoms with Crippen molar-refractivity contribution in [3.05, 3.63) is 23.9 Å². The second-order valence-corrected chi connectivity index (χ2v) is 11.2. The van der Waals surface area contributed by atoms with E-state index in [-0.39, 0.29) is 41.7 Å². The van der Waals surface area contributed by atoms with Gasteiger partial charge in [0.1, 0.15) is 5.82 Å². The van der Waals surface area contributed by atoms with Crippen LogP contribution in [0.2, 0.25) is 0 Å². The molecule has 5 rings (SSSR count). The molecule has 1 saturated carbocycles. The number of methoxy groups -OCH3 is 1. The monoisotopic (exact) mass is 531 g/mol. The van der Waals surface area contributed by atoms with Gasteiger partial charge in [-0.15, -0.1) is 0 Å². The lowest BCUT2D eigenvalue weighted by atomic mass is 9.78. The summed E-state index contributed by atoms with van der Waals surface area (Å²) in [4.78, 5) is 21.5. The smallest absolute Gasteiger partial charge is 0.379 e. The van der Waals surface area contributed by atoms with Gasteiger partial charge in [-0.25, -0.2) is 13.8 Å². The van der Waals surface area contributed by atoms with Gasteiger partial charge in [0.25, 0.3) is 0 Å². The van der Waals surface area contributed by atoms with Crippen LogP contribution in [-0.2, 0) is 20.4 Å². The largest absolute Gasteiger partial charge is 0.416 e. The van der Waals surface area contributed by atoms with Crippen molar-refractivity contribution in [2.75, 3.05) is 38.3 Å². The second-order valence-electron chi connectivity index (χ2n) is 11.2. The molecule has 0 radical (unpaired) electrons. The van der Waals surface area contributed by atoms with Gasteiger partial charge in [0.15, 0.2) is 0 Å². The van der Waals surface area contributed by atoms with E-state index in [1.54, 1.807) is 12.0 Å². The number of carbonyl (C=O) groups is 1. The van der Waals surface area contributed by atoms with Crippen molar-refractivity contribution in [1.82, 2.24) is 9.88 Å². The number of alkyl halides is 5. The average Bonchev–Trinajstić information content (AvgIpc) is 3.58. The van der Waals surface area contributed by atoms with Crippen LogP contribution < -0.4 is 4.90 Å². The highest BCUT2D eigenvalue weighted by atomic mass is 19.4. The van der Waals surface area contributed by atoms with Gasteiger partial charge in [-0.3, -0.25) is 4.79 Å². The van der Waals surface area contributed by atoms with Crippen molar-refractivity contribution in [1.29, 1.82) is 0 Å². The molecule has 1 amide bonds. The topological polar surface area (TPSA) is 54.9 Å². The van der Waals surface area contributed by atoms with Crippen LogP contribution in [0.15, 0.2) is 18.3 Å². The van der Waals surface area contributed by atoms with Gasteiger partial charge in [0, 0.05) is 39.4 Å². The fraction of sp³-hybridized carbons (Fsp3) is 0.769. The molecule has 6 nitrogen and oxygen atoms in total. The van der Waals surface area contributed by atoms with Crippen molar-refractivity contribution in [2.45, 2.75) is 75.7 Å². The minimum atomic E-state index is -4.47. The number of nitrogens with zero attached hydrogens (tertiary/aromatic N) is 3. The molecule has 0 spiro atoms. The molecular weight excluding hydrogens is 497 g/mol. The summed E-state index contributed by atoms with van der Waals surface area (Å²) >= 11 is 0. The van der Waals surface area contributed by atoms with E-state index in [0.29, 0.717) is 45.6 Å². The number of piperazine rings is 1. The fourth-order valence-electron chi connectivity index (χ4n) is 7.17. The number of anilines is 1. The Labute approximate surface area is 213 Å². The Morgan fingerprint density at radius 3 is 2.76 bits per heavy atom. The van der Waals surface area contributed by atoms with E-state index in [2.05, 4.69) is 4.98 Å². The first-order valence-electron chi connectivity index (χ1n) is 13.1.